The molecule has 28 heavy (non-hydrogen) atoms. The molecule has 0 aliphatic heterocycles. The van der Waals surface area contributed by atoms with Gasteiger partial charge in [0.1, 0.15) is 5.75 Å². The average molecular weight is 379 g/mol. The largest absolute Gasteiger partial charge is 0.497 e. The Labute approximate surface area is 163 Å². The van der Waals surface area contributed by atoms with Crippen LogP contribution in [0.4, 0.5) is 5.69 Å². The SMILES string of the molecule is COc1ccc(C(=O)CC2CCCC=C2C(=O)c2ccc([N+](=O)[O-])cc2)cc1. The summed E-state index contributed by atoms with van der Waals surface area (Å²) in [6.07, 6.45) is 4.65. The molecule has 0 amide bonds. The molecule has 144 valence electrons. The van der Waals surface area contributed by atoms with Crippen molar-refractivity contribution in [1.82, 2.24) is 0 Å². The number of carbonyl (C=O) groups is 2. The molecule has 0 aromatic heterocycles. The number of methoxy groups -OCH3 is 1. The van der Waals surface area contributed by atoms with Gasteiger partial charge in [0.05, 0.1) is 12.0 Å². The lowest BCUT2D eigenvalue weighted by atomic mass is 9.80. The van der Waals surface area contributed by atoms with Crippen molar-refractivity contribution in [3.05, 3.63) is 81.4 Å². The van der Waals surface area contributed by atoms with Crippen molar-refractivity contribution < 1.29 is 19.2 Å². The molecule has 0 saturated heterocycles. The first-order chi connectivity index (χ1) is 13.5. The molecule has 6 heteroatoms. The van der Waals surface area contributed by atoms with E-state index in [2.05, 4.69) is 0 Å². The lowest BCUT2D eigenvalue weighted by molar-refractivity contribution is -0.384. The lowest BCUT2D eigenvalue weighted by Gasteiger charge is -2.23. The first-order valence-electron chi connectivity index (χ1n) is 9.16. The van der Waals surface area contributed by atoms with Crippen LogP contribution in [0.3, 0.4) is 0 Å². The van der Waals surface area contributed by atoms with Crippen molar-refractivity contribution in [3.8, 4) is 5.75 Å². The van der Waals surface area contributed by atoms with E-state index in [1.54, 1.807) is 31.4 Å². The number of nitro benzene ring substituents is 1. The number of carbonyl (C=O) groups excluding carboxylic acids is 2. The molecule has 3 rings (SSSR count). The monoisotopic (exact) mass is 379 g/mol. The summed E-state index contributed by atoms with van der Waals surface area (Å²) in [7, 11) is 1.57. The van der Waals surface area contributed by atoms with Crippen LogP contribution < -0.4 is 4.74 Å². The molecule has 0 bridgehead atoms. The number of Topliss-reactive ketones (excluding diaryl/α,β-unsaturated/α-hetero) is 2. The molecule has 6 nitrogen and oxygen atoms in total. The second-order valence-corrected chi connectivity index (χ2v) is 6.78. The molecule has 1 atom stereocenters. The maximum atomic E-state index is 12.9. The molecule has 2 aromatic carbocycles. The Morgan fingerprint density at radius 3 is 2.32 bits per heavy atom. The van der Waals surface area contributed by atoms with Crippen molar-refractivity contribution in [2.45, 2.75) is 25.7 Å². The number of hydrogen-bond donors (Lipinski definition) is 0. The van der Waals surface area contributed by atoms with E-state index in [1.165, 1.54) is 24.3 Å². The highest BCUT2D eigenvalue weighted by Crippen LogP contribution is 2.32. The van der Waals surface area contributed by atoms with Crippen molar-refractivity contribution in [2.75, 3.05) is 7.11 Å². The number of nitro groups is 1. The van der Waals surface area contributed by atoms with Gasteiger partial charge in [-0.3, -0.25) is 19.7 Å². The Balaban J connectivity index is 1.75. The van der Waals surface area contributed by atoms with Gasteiger partial charge in [-0.1, -0.05) is 6.08 Å². The Hall–Kier alpha value is -3.28. The minimum atomic E-state index is -0.496. The number of ketones is 2. The van der Waals surface area contributed by atoms with Crippen LogP contribution >= 0.6 is 0 Å². The van der Waals surface area contributed by atoms with Gasteiger partial charge in [0.2, 0.25) is 0 Å². The van der Waals surface area contributed by atoms with Gasteiger partial charge in [-0.05, 0) is 67.2 Å². The van der Waals surface area contributed by atoms with Crippen molar-refractivity contribution in [3.63, 3.8) is 0 Å². The molecule has 0 spiro atoms. The highest BCUT2D eigenvalue weighted by molar-refractivity contribution is 6.10. The van der Waals surface area contributed by atoms with Crippen LogP contribution in [0, 0.1) is 16.0 Å². The fraction of sp³-hybridized carbons (Fsp3) is 0.273. The Morgan fingerprint density at radius 1 is 1.07 bits per heavy atom. The molecule has 0 saturated carbocycles. The third kappa shape index (κ3) is 4.34. The van der Waals surface area contributed by atoms with Gasteiger partial charge in [0.15, 0.2) is 11.6 Å². The summed E-state index contributed by atoms with van der Waals surface area (Å²) in [5.41, 5.74) is 1.57. The summed E-state index contributed by atoms with van der Waals surface area (Å²) >= 11 is 0. The highest BCUT2D eigenvalue weighted by atomic mass is 16.6. The first kappa shape index (κ1) is 19.5. The Morgan fingerprint density at radius 2 is 1.71 bits per heavy atom. The maximum absolute atomic E-state index is 12.9. The fourth-order valence-electron chi connectivity index (χ4n) is 3.45. The molecule has 1 unspecified atom stereocenters. The fourth-order valence-corrected chi connectivity index (χ4v) is 3.45. The van der Waals surface area contributed by atoms with Gasteiger partial charge >= 0.3 is 0 Å². The topological polar surface area (TPSA) is 86.5 Å². The molecule has 0 N–H and O–H groups in total. The summed E-state index contributed by atoms with van der Waals surface area (Å²) in [5.74, 6) is 0.355. The van der Waals surface area contributed by atoms with Crippen molar-refractivity contribution >= 4 is 17.3 Å². The lowest BCUT2D eigenvalue weighted by Crippen LogP contribution is -2.20. The van der Waals surface area contributed by atoms with E-state index in [-0.39, 0.29) is 29.6 Å². The summed E-state index contributed by atoms with van der Waals surface area (Å²) in [6, 6.07) is 12.5. The van der Waals surface area contributed by atoms with Gasteiger partial charge in [-0.2, -0.15) is 0 Å². The molecule has 1 aliphatic carbocycles. The minimum absolute atomic E-state index is 0.0167. The van der Waals surface area contributed by atoms with Crippen LogP contribution in [-0.2, 0) is 0 Å². The number of hydrogen-bond acceptors (Lipinski definition) is 5. The van der Waals surface area contributed by atoms with Crippen molar-refractivity contribution in [1.29, 1.82) is 0 Å². The molecule has 0 heterocycles. The first-order valence-corrected chi connectivity index (χ1v) is 9.16. The van der Waals surface area contributed by atoms with Gasteiger partial charge < -0.3 is 4.74 Å². The number of nitrogens with zero attached hydrogens (tertiary/aromatic N) is 1. The predicted molar refractivity (Wildman–Crippen MR) is 105 cm³/mol. The molecule has 0 fully saturated rings. The normalized spacial score (nSPS) is 16.2. The third-order valence-electron chi connectivity index (χ3n) is 5.01. The van der Waals surface area contributed by atoms with Gasteiger partial charge in [0.25, 0.3) is 5.69 Å². The molecule has 1 aliphatic rings. The number of ether oxygens (including phenoxy) is 1. The van der Waals surface area contributed by atoms with Gasteiger partial charge in [0, 0.05) is 29.7 Å². The standard InChI is InChI=1S/C22H21NO5/c1-28-19-12-8-15(9-13-19)21(24)14-17-4-2-3-5-20(17)22(25)16-6-10-18(11-7-16)23(26)27/h5-13,17H,2-4,14H2,1H3. The predicted octanol–water partition coefficient (Wildman–Crippen LogP) is 4.79. The van der Waals surface area contributed by atoms with Gasteiger partial charge in [-0.15, -0.1) is 0 Å². The molecular formula is C22H21NO5. The zero-order valence-electron chi connectivity index (χ0n) is 15.6. The molecular weight excluding hydrogens is 358 g/mol. The summed E-state index contributed by atoms with van der Waals surface area (Å²) in [5, 5.41) is 10.8. The smallest absolute Gasteiger partial charge is 0.269 e. The van der Waals surface area contributed by atoms with E-state index < -0.39 is 4.92 Å². The zero-order valence-corrected chi connectivity index (χ0v) is 15.6. The van der Waals surface area contributed by atoms with E-state index in [0.29, 0.717) is 22.4 Å². The Kier molecular flexibility index (Phi) is 5.99. The van der Waals surface area contributed by atoms with E-state index in [0.717, 1.165) is 19.3 Å². The summed E-state index contributed by atoms with van der Waals surface area (Å²) in [4.78, 5) is 35.9. The molecule has 2 aromatic rings. The minimum Gasteiger partial charge on any atom is -0.497 e. The van der Waals surface area contributed by atoms with Crippen LogP contribution in [0.15, 0.2) is 60.2 Å². The van der Waals surface area contributed by atoms with E-state index in [1.807, 2.05) is 6.08 Å². The van der Waals surface area contributed by atoms with E-state index in [9.17, 15) is 19.7 Å². The van der Waals surface area contributed by atoms with Crippen LogP contribution in [0.1, 0.15) is 46.4 Å². The second kappa shape index (κ2) is 8.61. The van der Waals surface area contributed by atoms with Crippen LogP contribution in [0.5, 0.6) is 5.75 Å². The highest BCUT2D eigenvalue weighted by Gasteiger charge is 2.27. The number of allylic oxidation sites excluding steroid dienone is 2. The van der Waals surface area contributed by atoms with Crippen molar-refractivity contribution in [2.24, 2.45) is 5.92 Å². The zero-order chi connectivity index (χ0) is 20.1. The van der Waals surface area contributed by atoms with Crippen LogP contribution in [-0.4, -0.2) is 23.6 Å². The van der Waals surface area contributed by atoms with Crippen LogP contribution in [0.25, 0.3) is 0 Å². The second-order valence-electron chi connectivity index (χ2n) is 6.78. The summed E-state index contributed by atoms with van der Waals surface area (Å²) < 4.78 is 5.11. The van der Waals surface area contributed by atoms with E-state index >= 15 is 0 Å². The molecule has 0 radical (unpaired) electrons. The Bertz CT molecular complexity index is 913. The quantitative estimate of drug-likeness (QED) is 0.392. The number of rotatable bonds is 7. The van der Waals surface area contributed by atoms with Gasteiger partial charge in [-0.25, -0.2) is 0 Å². The number of non-ortho nitro benzene ring substituents is 1. The summed E-state index contributed by atoms with van der Waals surface area (Å²) in [6.45, 7) is 0. The maximum Gasteiger partial charge on any atom is 0.269 e. The van der Waals surface area contributed by atoms with Crippen LogP contribution in [0.2, 0.25) is 0 Å². The average Bonchev–Trinajstić information content (AvgIpc) is 2.73. The number of benzene rings is 2. The van der Waals surface area contributed by atoms with E-state index in [4.69, 9.17) is 4.74 Å². The third-order valence-corrected chi connectivity index (χ3v) is 5.01.